The minimum absolute atomic E-state index is 0.0860. The van der Waals surface area contributed by atoms with E-state index in [1.807, 2.05) is 0 Å². The van der Waals surface area contributed by atoms with Crippen molar-refractivity contribution in [2.45, 2.75) is 6.18 Å². The lowest BCUT2D eigenvalue weighted by Gasteiger charge is -2.05. The van der Waals surface area contributed by atoms with E-state index in [2.05, 4.69) is 15.1 Å². The summed E-state index contributed by atoms with van der Waals surface area (Å²) in [6.07, 6.45) is -1.87. The zero-order chi connectivity index (χ0) is 15.2. The summed E-state index contributed by atoms with van der Waals surface area (Å²) < 4.78 is 52.3. The second-order valence-corrected chi connectivity index (χ2v) is 4.22. The third-order valence-electron chi connectivity index (χ3n) is 2.80. The van der Waals surface area contributed by atoms with E-state index in [9.17, 15) is 22.4 Å². The largest absolute Gasteiger partial charge is 0.421 e. The Hall–Kier alpha value is -2.71. The number of pyridine rings is 1. The Morgan fingerprint density at radius 1 is 1.19 bits per heavy atom. The molecule has 21 heavy (non-hydrogen) atoms. The molecule has 5 nitrogen and oxygen atoms in total. The fourth-order valence-electron chi connectivity index (χ4n) is 1.89. The van der Waals surface area contributed by atoms with Crippen molar-refractivity contribution in [1.29, 1.82) is 0 Å². The van der Waals surface area contributed by atoms with Gasteiger partial charge in [0.15, 0.2) is 5.65 Å². The number of nitrogens with zero attached hydrogens (tertiary/aromatic N) is 3. The summed E-state index contributed by atoms with van der Waals surface area (Å²) in [6.45, 7) is 0. The minimum atomic E-state index is -4.66. The molecule has 0 bridgehead atoms. The second-order valence-electron chi connectivity index (χ2n) is 4.22. The van der Waals surface area contributed by atoms with Gasteiger partial charge in [-0.05, 0) is 6.07 Å². The van der Waals surface area contributed by atoms with E-state index in [1.165, 1.54) is 6.20 Å². The number of aromatic amines is 1. The molecule has 3 aromatic heterocycles. The topological polar surface area (TPSA) is 63.0 Å². The van der Waals surface area contributed by atoms with Crippen molar-refractivity contribution >= 4 is 5.65 Å². The molecular formula is C12H6F4N4O. The Kier molecular flexibility index (Phi) is 2.78. The highest BCUT2D eigenvalue weighted by Crippen LogP contribution is 2.31. The number of H-pyrrole nitrogens is 1. The summed E-state index contributed by atoms with van der Waals surface area (Å²) >= 11 is 0. The Morgan fingerprint density at radius 3 is 2.62 bits per heavy atom. The van der Waals surface area contributed by atoms with Crippen LogP contribution in [0.2, 0.25) is 0 Å². The van der Waals surface area contributed by atoms with Gasteiger partial charge < -0.3 is 0 Å². The number of hydrogen-bond donors (Lipinski definition) is 1. The Balaban J connectivity index is 2.29. The van der Waals surface area contributed by atoms with Gasteiger partial charge in [0.05, 0.1) is 11.9 Å². The molecule has 0 aliphatic rings. The van der Waals surface area contributed by atoms with Gasteiger partial charge in [0.1, 0.15) is 11.4 Å². The second kappa shape index (κ2) is 4.40. The molecule has 0 radical (unpaired) electrons. The van der Waals surface area contributed by atoms with Gasteiger partial charge in [0, 0.05) is 24.0 Å². The van der Waals surface area contributed by atoms with Gasteiger partial charge in [-0.1, -0.05) is 0 Å². The summed E-state index contributed by atoms with van der Waals surface area (Å²) in [5.41, 5.74) is -2.36. The molecule has 0 fully saturated rings. The maximum absolute atomic E-state index is 13.1. The molecule has 1 N–H and O–H groups in total. The van der Waals surface area contributed by atoms with E-state index in [4.69, 9.17) is 0 Å². The van der Waals surface area contributed by atoms with Crippen molar-refractivity contribution in [2.75, 3.05) is 0 Å². The average Bonchev–Trinajstić information content (AvgIpc) is 2.83. The molecule has 3 heterocycles. The lowest BCUT2D eigenvalue weighted by atomic mass is 10.2. The molecule has 9 heteroatoms. The SMILES string of the molecule is O=c1cc(-c2cncc(F)c2)nc2c(C(F)(F)F)c[nH]n12. The van der Waals surface area contributed by atoms with E-state index >= 15 is 0 Å². The number of hydrogen-bond acceptors (Lipinski definition) is 3. The van der Waals surface area contributed by atoms with Crippen LogP contribution in [0.25, 0.3) is 16.9 Å². The van der Waals surface area contributed by atoms with Gasteiger partial charge in [-0.15, -0.1) is 0 Å². The molecular weight excluding hydrogens is 292 g/mol. The first-order chi connectivity index (χ1) is 9.86. The zero-order valence-corrected chi connectivity index (χ0v) is 10.1. The Morgan fingerprint density at radius 2 is 1.95 bits per heavy atom. The quantitative estimate of drug-likeness (QED) is 0.701. The summed E-state index contributed by atoms with van der Waals surface area (Å²) in [4.78, 5) is 19.2. The van der Waals surface area contributed by atoms with Crippen LogP contribution in [0, 0.1) is 5.82 Å². The highest BCUT2D eigenvalue weighted by molar-refractivity contribution is 5.62. The number of alkyl halides is 3. The lowest BCUT2D eigenvalue weighted by molar-refractivity contribution is -0.136. The van der Waals surface area contributed by atoms with E-state index in [1.54, 1.807) is 0 Å². The highest BCUT2D eigenvalue weighted by atomic mass is 19.4. The Labute approximate surface area is 113 Å². The molecule has 3 aromatic rings. The van der Waals surface area contributed by atoms with Gasteiger partial charge in [-0.3, -0.25) is 14.9 Å². The maximum atomic E-state index is 13.1. The van der Waals surface area contributed by atoms with Gasteiger partial charge >= 0.3 is 6.18 Å². The van der Waals surface area contributed by atoms with Crippen LogP contribution in [0.1, 0.15) is 5.56 Å². The van der Waals surface area contributed by atoms with Crippen LogP contribution in [0.5, 0.6) is 0 Å². The van der Waals surface area contributed by atoms with Crippen LogP contribution in [0.3, 0.4) is 0 Å². The lowest BCUT2D eigenvalue weighted by Crippen LogP contribution is -2.15. The molecule has 0 spiro atoms. The third kappa shape index (κ3) is 2.26. The minimum Gasteiger partial charge on any atom is -0.296 e. The van der Waals surface area contributed by atoms with Gasteiger partial charge in [-0.2, -0.15) is 13.2 Å². The number of fused-ring (bicyclic) bond motifs is 1. The first-order valence-electron chi connectivity index (χ1n) is 5.65. The molecule has 0 amide bonds. The van der Waals surface area contributed by atoms with Crippen LogP contribution < -0.4 is 5.56 Å². The molecule has 0 unspecified atom stereocenters. The van der Waals surface area contributed by atoms with Crippen molar-refractivity contribution in [2.24, 2.45) is 0 Å². The van der Waals surface area contributed by atoms with Gasteiger partial charge in [-0.25, -0.2) is 13.9 Å². The van der Waals surface area contributed by atoms with Crippen molar-refractivity contribution in [1.82, 2.24) is 19.6 Å². The van der Waals surface area contributed by atoms with Gasteiger partial charge in [0.2, 0.25) is 0 Å². The summed E-state index contributed by atoms with van der Waals surface area (Å²) in [7, 11) is 0. The molecule has 0 saturated heterocycles. The Bertz CT molecular complexity index is 881. The molecule has 3 rings (SSSR count). The third-order valence-corrected chi connectivity index (χ3v) is 2.80. The fourth-order valence-corrected chi connectivity index (χ4v) is 1.89. The fraction of sp³-hybridized carbons (Fsp3) is 0.0833. The van der Waals surface area contributed by atoms with Crippen molar-refractivity contribution in [3.05, 3.63) is 52.5 Å². The standard InChI is InChI=1S/C12H6F4N4O/c13-7-1-6(3-17-4-7)9-2-10(21)20-11(19-9)8(5-18-20)12(14,15)16/h1-5,18H. The highest BCUT2D eigenvalue weighted by Gasteiger charge is 2.35. The van der Waals surface area contributed by atoms with Crippen LogP contribution in [0.15, 0.2) is 35.5 Å². The van der Waals surface area contributed by atoms with Crippen molar-refractivity contribution in [3.63, 3.8) is 0 Å². The van der Waals surface area contributed by atoms with Crippen LogP contribution in [0.4, 0.5) is 17.6 Å². The summed E-state index contributed by atoms with van der Waals surface area (Å²) in [6, 6.07) is 2.03. The van der Waals surface area contributed by atoms with Crippen molar-refractivity contribution < 1.29 is 17.6 Å². The predicted molar refractivity (Wildman–Crippen MR) is 64.0 cm³/mol. The first kappa shape index (κ1) is 13.3. The van der Waals surface area contributed by atoms with Crippen LogP contribution in [-0.2, 0) is 6.18 Å². The van der Waals surface area contributed by atoms with E-state index in [0.29, 0.717) is 10.7 Å². The van der Waals surface area contributed by atoms with Crippen LogP contribution >= 0.6 is 0 Å². The molecule has 108 valence electrons. The van der Waals surface area contributed by atoms with E-state index in [-0.39, 0.29) is 11.3 Å². The number of aromatic nitrogens is 4. The number of halogens is 4. The van der Waals surface area contributed by atoms with Crippen molar-refractivity contribution in [3.8, 4) is 11.3 Å². The summed E-state index contributed by atoms with van der Waals surface area (Å²) in [5, 5.41) is 2.19. The van der Waals surface area contributed by atoms with Crippen LogP contribution in [-0.4, -0.2) is 19.6 Å². The molecule has 0 aliphatic heterocycles. The first-order valence-corrected chi connectivity index (χ1v) is 5.65. The number of nitrogens with one attached hydrogen (secondary N) is 1. The van der Waals surface area contributed by atoms with Gasteiger partial charge in [0.25, 0.3) is 5.56 Å². The zero-order valence-electron chi connectivity index (χ0n) is 10.1. The van der Waals surface area contributed by atoms with E-state index < -0.39 is 28.8 Å². The normalized spacial score (nSPS) is 12.0. The predicted octanol–water partition coefficient (Wildman–Crippen LogP) is 2.24. The molecule has 0 aromatic carbocycles. The smallest absolute Gasteiger partial charge is 0.296 e. The summed E-state index contributed by atoms with van der Waals surface area (Å²) in [5.74, 6) is -0.681. The molecule has 0 saturated carbocycles. The maximum Gasteiger partial charge on any atom is 0.421 e. The monoisotopic (exact) mass is 298 g/mol. The molecule has 0 aliphatic carbocycles. The number of rotatable bonds is 1. The molecule has 0 atom stereocenters. The van der Waals surface area contributed by atoms with E-state index in [0.717, 1.165) is 18.3 Å². The average molecular weight is 298 g/mol.